The highest BCUT2D eigenvalue weighted by Crippen LogP contribution is 2.31. The van der Waals surface area contributed by atoms with Crippen molar-refractivity contribution in [2.24, 2.45) is 11.7 Å². The van der Waals surface area contributed by atoms with Crippen LogP contribution in [0.5, 0.6) is 11.5 Å². The third-order valence-electron chi connectivity index (χ3n) is 7.58. The monoisotopic (exact) mass is 544 g/mol. The topological polar surface area (TPSA) is 99.7 Å². The van der Waals surface area contributed by atoms with Crippen LogP contribution in [-0.4, -0.2) is 53.3 Å². The van der Waals surface area contributed by atoms with Gasteiger partial charge in [-0.3, -0.25) is 14.3 Å². The number of rotatable bonds is 9. The molecule has 0 saturated carbocycles. The summed E-state index contributed by atoms with van der Waals surface area (Å²) in [6.07, 6.45) is 2.52. The van der Waals surface area contributed by atoms with E-state index in [0.29, 0.717) is 54.8 Å². The van der Waals surface area contributed by atoms with E-state index in [-0.39, 0.29) is 11.7 Å². The van der Waals surface area contributed by atoms with E-state index in [4.69, 9.17) is 20.3 Å². The first kappa shape index (κ1) is 27.3. The molecule has 0 unspecified atom stereocenters. The second-order valence-corrected chi connectivity index (χ2v) is 10.2. The molecule has 1 saturated heterocycles. The van der Waals surface area contributed by atoms with E-state index in [1.54, 1.807) is 49.6 Å². The smallest absolute Gasteiger partial charge is 0.253 e. The van der Waals surface area contributed by atoms with Crippen molar-refractivity contribution in [3.63, 3.8) is 0 Å². The lowest BCUT2D eigenvalue weighted by atomic mass is 9.89. The summed E-state index contributed by atoms with van der Waals surface area (Å²) >= 11 is 0. The number of primary amides is 1. The fourth-order valence-corrected chi connectivity index (χ4v) is 5.40. The highest BCUT2D eigenvalue weighted by molar-refractivity contribution is 6.00. The van der Waals surface area contributed by atoms with Crippen LogP contribution in [0.3, 0.4) is 0 Å². The molecule has 0 radical (unpaired) electrons. The number of carbonyl (C=O) groups is 2. The van der Waals surface area contributed by atoms with Gasteiger partial charge in [-0.15, -0.1) is 0 Å². The molecule has 5 rings (SSSR count). The fourth-order valence-electron chi connectivity index (χ4n) is 5.40. The van der Waals surface area contributed by atoms with E-state index in [2.05, 4.69) is 0 Å². The maximum atomic E-state index is 13.2. The largest absolute Gasteiger partial charge is 0.457 e. The van der Waals surface area contributed by atoms with Crippen LogP contribution in [0.4, 0.5) is 4.39 Å². The van der Waals surface area contributed by atoms with Crippen molar-refractivity contribution in [3.05, 3.63) is 88.9 Å². The molecule has 9 heteroatoms. The van der Waals surface area contributed by atoms with Crippen molar-refractivity contribution < 1.29 is 23.5 Å². The zero-order valence-electron chi connectivity index (χ0n) is 22.7. The van der Waals surface area contributed by atoms with Crippen LogP contribution in [0.15, 0.2) is 60.7 Å². The van der Waals surface area contributed by atoms with Crippen LogP contribution < -0.4 is 10.5 Å². The van der Waals surface area contributed by atoms with Crippen molar-refractivity contribution in [2.75, 3.05) is 26.8 Å². The number of benzene rings is 3. The minimum absolute atomic E-state index is 0.00990. The van der Waals surface area contributed by atoms with Crippen LogP contribution in [-0.2, 0) is 17.7 Å². The van der Waals surface area contributed by atoms with Crippen LogP contribution in [0.2, 0.25) is 0 Å². The summed E-state index contributed by atoms with van der Waals surface area (Å²) in [6.45, 7) is 4.39. The molecule has 2 heterocycles. The Morgan fingerprint density at radius 3 is 2.27 bits per heavy atom. The van der Waals surface area contributed by atoms with Crippen molar-refractivity contribution in [1.82, 2.24) is 14.7 Å². The quantitative estimate of drug-likeness (QED) is 0.315. The number of aromatic nitrogens is 2. The maximum Gasteiger partial charge on any atom is 0.253 e. The second kappa shape index (κ2) is 11.9. The second-order valence-electron chi connectivity index (χ2n) is 10.2. The number of methoxy groups -OCH3 is 1. The average molecular weight is 545 g/mol. The number of hydrogen-bond acceptors (Lipinski definition) is 5. The number of nitrogens with two attached hydrogens (primary N) is 1. The number of aryl methyl sites for hydroxylation is 1. The lowest BCUT2D eigenvalue weighted by Gasteiger charge is -2.32. The van der Waals surface area contributed by atoms with Crippen LogP contribution >= 0.6 is 0 Å². The molecule has 2 amide bonds. The summed E-state index contributed by atoms with van der Waals surface area (Å²) in [7, 11) is 1.66. The van der Waals surface area contributed by atoms with Crippen molar-refractivity contribution >= 4 is 22.7 Å². The Kier molecular flexibility index (Phi) is 8.11. The molecule has 4 aromatic rings. The molecular weight excluding hydrogens is 511 g/mol. The van der Waals surface area contributed by atoms with E-state index in [1.165, 1.54) is 12.1 Å². The van der Waals surface area contributed by atoms with Crippen molar-refractivity contribution in [2.45, 2.75) is 32.7 Å². The average Bonchev–Trinajstić information content (AvgIpc) is 3.31. The maximum absolute atomic E-state index is 13.2. The summed E-state index contributed by atoms with van der Waals surface area (Å²) in [4.78, 5) is 27.1. The van der Waals surface area contributed by atoms with Crippen LogP contribution in [0, 0.1) is 18.7 Å². The predicted octanol–water partition coefficient (Wildman–Crippen LogP) is 5.12. The Morgan fingerprint density at radius 1 is 1.00 bits per heavy atom. The van der Waals surface area contributed by atoms with Gasteiger partial charge in [-0.2, -0.15) is 5.10 Å². The summed E-state index contributed by atoms with van der Waals surface area (Å²) in [5.74, 6) is 0.693. The molecule has 8 nitrogen and oxygen atoms in total. The first-order valence-corrected chi connectivity index (χ1v) is 13.4. The van der Waals surface area contributed by atoms with Gasteiger partial charge >= 0.3 is 0 Å². The molecule has 0 bridgehead atoms. The number of ether oxygens (including phenoxy) is 2. The van der Waals surface area contributed by atoms with Crippen molar-refractivity contribution in [1.29, 1.82) is 0 Å². The molecule has 208 valence electrons. The molecule has 1 aliphatic rings. The molecule has 1 aromatic heterocycles. The lowest BCUT2D eigenvalue weighted by Crippen LogP contribution is -2.39. The SMILES string of the molecule is COCCn1nc2ccc(C(N)=O)c(C)c2c1CC1CCN(C(=O)c2ccc(Oc3ccc(F)cc3)cc2)CC1. The highest BCUT2D eigenvalue weighted by Gasteiger charge is 2.26. The van der Waals surface area contributed by atoms with Crippen LogP contribution in [0.25, 0.3) is 10.9 Å². The molecular formula is C31H33FN4O4. The Balaban J connectivity index is 1.25. The minimum atomic E-state index is -0.447. The highest BCUT2D eigenvalue weighted by atomic mass is 19.1. The van der Waals surface area contributed by atoms with Gasteiger partial charge in [0, 0.05) is 42.4 Å². The Labute approximate surface area is 232 Å². The molecule has 0 atom stereocenters. The summed E-state index contributed by atoms with van der Waals surface area (Å²) in [5.41, 5.74) is 9.50. The summed E-state index contributed by atoms with van der Waals surface area (Å²) < 4.78 is 26.1. The lowest BCUT2D eigenvalue weighted by molar-refractivity contribution is 0.0689. The van der Waals surface area contributed by atoms with Gasteiger partial charge in [-0.1, -0.05) is 0 Å². The fraction of sp³-hybridized carbons (Fsp3) is 0.323. The van der Waals surface area contributed by atoms with E-state index < -0.39 is 5.91 Å². The molecule has 1 aliphatic heterocycles. The number of piperidine rings is 1. The number of likely N-dealkylation sites (tertiary alicyclic amines) is 1. The standard InChI is InChI=1S/C31H33FN4O4/c1-20-26(30(33)37)11-12-27-29(20)28(36(34-27)17-18-39-2)19-21-13-15-35(16-14-21)31(38)22-3-7-24(8-4-22)40-25-9-5-23(32)6-10-25/h3-12,21H,13-19H2,1-2H3,(H2,33,37). The number of fused-ring (bicyclic) bond motifs is 1. The van der Waals surface area contributed by atoms with Gasteiger partial charge in [0.25, 0.3) is 5.91 Å². The molecule has 40 heavy (non-hydrogen) atoms. The van der Waals surface area contributed by atoms with E-state index in [1.807, 2.05) is 22.6 Å². The van der Waals surface area contributed by atoms with E-state index in [9.17, 15) is 14.0 Å². The molecule has 0 spiro atoms. The first-order valence-electron chi connectivity index (χ1n) is 13.4. The molecule has 1 fully saturated rings. The number of nitrogens with zero attached hydrogens (tertiary/aromatic N) is 3. The van der Waals surface area contributed by atoms with E-state index in [0.717, 1.165) is 41.4 Å². The first-order chi connectivity index (χ1) is 19.3. The van der Waals surface area contributed by atoms with Crippen LogP contribution in [0.1, 0.15) is 44.8 Å². The zero-order valence-corrected chi connectivity index (χ0v) is 22.7. The number of amides is 2. The van der Waals surface area contributed by atoms with Gasteiger partial charge in [0.1, 0.15) is 17.3 Å². The zero-order chi connectivity index (χ0) is 28.2. The normalized spacial score (nSPS) is 14.0. The summed E-state index contributed by atoms with van der Waals surface area (Å²) in [6, 6.07) is 16.4. The van der Waals surface area contributed by atoms with Gasteiger partial charge in [0.2, 0.25) is 5.91 Å². The number of halogens is 1. The van der Waals surface area contributed by atoms with Gasteiger partial charge in [-0.05, 0) is 98.3 Å². The molecule has 0 aliphatic carbocycles. The molecule has 3 aromatic carbocycles. The Hall–Kier alpha value is -4.24. The number of hydrogen-bond donors (Lipinski definition) is 1. The van der Waals surface area contributed by atoms with Gasteiger partial charge in [0.15, 0.2) is 0 Å². The Morgan fingerprint density at radius 2 is 1.65 bits per heavy atom. The Bertz CT molecular complexity index is 1510. The number of carbonyl (C=O) groups excluding carboxylic acids is 2. The van der Waals surface area contributed by atoms with E-state index >= 15 is 0 Å². The summed E-state index contributed by atoms with van der Waals surface area (Å²) in [5, 5.41) is 5.77. The molecule has 2 N–H and O–H groups in total. The third kappa shape index (κ3) is 5.84. The minimum Gasteiger partial charge on any atom is -0.457 e. The van der Waals surface area contributed by atoms with Gasteiger partial charge in [0.05, 0.1) is 18.7 Å². The predicted molar refractivity (Wildman–Crippen MR) is 150 cm³/mol. The van der Waals surface area contributed by atoms with Gasteiger partial charge < -0.3 is 20.1 Å². The third-order valence-corrected chi connectivity index (χ3v) is 7.58. The van der Waals surface area contributed by atoms with Gasteiger partial charge in [-0.25, -0.2) is 4.39 Å². The van der Waals surface area contributed by atoms with Crippen molar-refractivity contribution in [3.8, 4) is 11.5 Å².